The standard InChI is InChI=1S/C20H21BrN2O5S/c1-12-9-14(13(2)29-12)17(24)7-8-20(27)28-11-19(26)22-10-18(25)23-16-6-4-3-5-15(16)21/h3-6,9H,7-8,10-11H2,1-2H3,(H,22,26)(H,23,25). The topological polar surface area (TPSA) is 102 Å². The third-order valence-electron chi connectivity index (χ3n) is 3.86. The van der Waals surface area contributed by atoms with E-state index in [9.17, 15) is 19.2 Å². The quantitative estimate of drug-likeness (QED) is 0.423. The van der Waals surface area contributed by atoms with E-state index < -0.39 is 24.4 Å². The summed E-state index contributed by atoms with van der Waals surface area (Å²) in [6, 6.07) is 8.88. The number of carbonyl (C=O) groups is 4. The largest absolute Gasteiger partial charge is 0.456 e. The van der Waals surface area contributed by atoms with Gasteiger partial charge in [-0.1, -0.05) is 12.1 Å². The average molecular weight is 481 g/mol. The molecule has 0 spiro atoms. The summed E-state index contributed by atoms with van der Waals surface area (Å²) in [5.74, 6) is -1.78. The molecule has 0 radical (unpaired) electrons. The number of halogens is 1. The van der Waals surface area contributed by atoms with E-state index in [1.165, 1.54) is 11.3 Å². The summed E-state index contributed by atoms with van der Waals surface area (Å²) in [5.41, 5.74) is 1.20. The lowest BCUT2D eigenvalue weighted by atomic mass is 10.1. The summed E-state index contributed by atoms with van der Waals surface area (Å²) in [6.45, 7) is 3.01. The first kappa shape index (κ1) is 22.8. The second-order valence-corrected chi connectivity index (χ2v) is 8.53. The number of hydrogen-bond acceptors (Lipinski definition) is 6. The van der Waals surface area contributed by atoms with E-state index in [-0.39, 0.29) is 25.2 Å². The van der Waals surface area contributed by atoms with E-state index in [0.29, 0.717) is 11.3 Å². The van der Waals surface area contributed by atoms with E-state index in [2.05, 4.69) is 26.6 Å². The van der Waals surface area contributed by atoms with Crippen LogP contribution in [0, 0.1) is 13.8 Å². The maximum absolute atomic E-state index is 12.1. The summed E-state index contributed by atoms with van der Waals surface area (Å²) < 4.78 is 5.57. The van der Waals surface area contributed by atoms with Gasteiger partial charge in [0, 0.05) is 26.2 Å². The SMILES string of the molecule is Cc1cc(C(=O)CCC(=O)OCC(=O)NCC(=O)Nc2ccccc2Br)c(C)s1. The van der Waals surface area contributed by atoms with Crippen LogP contribution in [0.4, 0.5) is 5.69 Å². The third-order valence-corrected chi connectivity index (χ3v) is 5.51. The summed E-state index contributed by atoms with van der Waals surface area (Å²) in [6.07, 6.45) is -0.0885. The third kappa shape index (κ3) is 7.43. The zero-order valence-corrected chi connectivity index (χ0v) is 18.4. The van der Waals surface area contributed by atoms with Gasteiger partial charge in [0.25, 0.3) is 5.91 Å². The van der Waals surface area contributed by atoms with Crippen LogP contribution in [-0.2, 0) is 19.1 Å². The van der Waals surface area contributed by atoms with Crippen molar-refractivity contribution in [3.05, 3.63) is 50.1 Å². The Labute approximate surface area is 181 Å². The van der Waals surface area contributed by atoms with E-state index >= 15 is 0 Å². The molecule has 1 aromatic carbocycles. The summed E-state index contributed by atoms with van der Waals surface area (Å²) in [5, 5.41) is 5.01. The number of ether oxygens (including phenoxy) is 1. The van der Waals surface area contributed by atoms with E-state index in [4.69, 9.17) is 4.74 Å². The van der Waals surface area contributed by atoms with Crippen molar-refractivity contribution in [3.8, 4) is 0 Å². The molecule has 0 aliphatic heterocycles. The molecule has 29 heavy (non-hydrogen) atoms. The zero-order chi connectivity index (χ0) is 21.4. The first-order valence-corrected chi connectivity index (χ1v) is 10.4. The Hall–Kier alpha value is -2.52. The van der Waals surface area contributed by atoms with Gasteiger partial charge >= 0.3 is 5.97 Å². The van der Waals surface area contributed by atoms with Gasteiger partial charge < -0.3 is 15.4 Å². The highest BCUT2D eigenvalue weighted by atomic mass is 79.9. The molecule has 154 valence electrons. The first-order valence-electron chi connectivity index (χ1n) is 8.83. The summed E-state index contributed by atoms with van der Waals surface area (Å²) >= 11 is 4.84. The Kier molecular flexibility index (Phi) is 8.53. The lowest BCUT2D eigenvalue weighted by Gasteiger charge is -2.09. The highest BCUT2D eigenvalue weighted by Gasteiger charge is 2.15. The van der Waals surface area contributed by atoms with E-state index in [0.717, 1.165) is 14.2 Å². The molecule has 0 bridgehead atoms. The minimum Gasteiger partial charge on any atom is -0.456 e. The molecule has 0 unspecified atom stereocenters. The van der Waals surface area contributed by atoms with Gasteiger partial charge in [0.05, 0.1) is 18.7 Å². The van der Waals surface area contributed by atoms with Crippen molar-refractivity contribution in [1.82, 2.24) is 5.32 Å². The second-order valence-electron chi connectivity index (χ2n) is 6.22. The number of Topliss-reactive ketones (excluding diaryl/α,β-unsaturated/α-hetero) is 1. The molecule has 2 N–H and O–H groups in total. The van der Waals surface area contributed by atoms with Crippen molar-refractivity contribution in [2.45, 2.75) is 26.7 Å². The lowest BCUT2D eigenvalue weighted by Crippen LogP contribution is -2.35. The Balaban J connectivity index is 1.66. The van der Waals surface area contributed by atoms with Crippen molar-refractivity contribution in [2.24, 2.45) is 0 Å². The van der Waals surface area contributed by atoms with Gasteiger partial charge in [0.15, 0.2) is 12.4 Å². The van der Waals surface area contributed by atoms with Crippen molar-refractivity contribution in [3.63, 3.8) is 0 Å². The van der Waals surface area contributed by atoms with Crippen LogP contribution in [0.1, 0.15) is 33.0 Å². The fourth-order valence-electron chi connectivity index (χ4n) is 2.46. The number of carbonyl (C=O) groups excluding carboxylic acids is 4. The highest BCUT2D eigenvalue weighted by Crippen LogP contribution is 2.22. The van der Waals surface area contributed by atoms with Gasteiger partial charge in [-0.05, 0) is 48.0 Å². The van der Waals surface area contributed by atoms with Gasteiger partial charge in [0.1, 0.15) is 0 Å². The van der Waals surface area contributed by atoms with Gasteiger partial charge in [-0.3, -0.25) is 19.2 Å². The maximum Gasteiger partial charge on any atom is 0.306 e. The second kappa shape index (κ2) is 10.9. The predicted octanol–water partition coefficient (Wildman–Crippen LogP) is 3.39. The molecule has 2 aromatic rings. The normalized spacial score (nSPS) is 10.3. The first-order chi connectivity index (χ1) is 13.8. The molecule has 2 rings (SSSR count). The smallest absolute Gasteiger partial charge is 0.306 e. The number of hydrogen-bond donors (Lipinski definition) is 2. The molecule has 7 nitrogen and oxygen atoms in total. The van der Waals surface area contributed by atoms with Crippen LogP contribution in [0.3, 0.4) is 0 Å². The number of thiophene rings is 1. The fraction of sp³-hybridized carbons (Fsp3) is 0.300. The number of nitrogens with one attached hydrogen (secondary N) is 2. The Morgan fingerprint density at radius 1 is 1.07 bits per heavy atom. The predicted molar refractivity (Wildman–Crippen MR) is 114 cm³/mol. The molecule has 1 heterocycles. The fourth-order valence-corrected chi connectivity index (χ4v) is 3.79. The Bertz CT molecular complexity index is 925. The molecule has 0 saturated carbocycles. The summed E-state index contributed by atoms with van der Waals surface area (Å²) in [4.78, 5) is 49.4. The number of amides is 2. The molecular formula is C20H21BrN2O5S. The van der Waals surface area contributed by atoms with Crippen LogP contribution >= 0.6 is 27.3 Å². The molecule has 0 aliphatic carbocycles. The van der Waals surface area contributed by atoms with E-state index in [1.54, 1.807) is 24.3 Å². The summed E-state index contributed by atoms with van der Waals surface area (Å²) in [7, 11) is 0. The van der Waals surface area contributed by atoms with Crippen molar-refractivity contribution < 1.29 is 23.9 Å². The van der Waals surface area contributed by atoms with Crippen LogP contribution in [0.5, 0.6) is 0 Å². The number of esters is 1. The number of para-hydroxylation sites is 1. The van der Waals surface area contributed by atoms with Crippen LogP contribution < -0.4 is 10.6 Å². The molecule has 2 amide bonds. The van der Waals surface area contributed by atoms with E-state index in [1.807, 2.05) is 19.9 Å². The number of rotatable bonds is 9. The molecule has 0 aliphatic rings. The lowest BCUT2D eigenvalue weighted by molar-refractivity contribution is -0.148. The van der Waals surface area contributed by atoms with Crippen LogP contribution in [0.25, 0.3) is 0 Å². The number of benzene rings is 1. The van der Waals surface area contributed by atoms with Crippen molar-refractivity contribution >= 4 is 56.5 Å². The highest BCUT2D eigenvalue weighted by molar-refractivity contribution is 9.10. The molecule has 0 fully saturated rings. The van der Waals surface area contributed by atoms with Crippen molar-refractivity contribution in [2.75, 3.05) is 18.5 Å². The van der Waals surface area contributed by atoms with Gasteiger partial charge in [-0.15, -0.1) is 11.3 Å². The monoisotopic (exact) mass is 480 g/mol. The minimum absolute atomic E-state index is 0.0197. The molecule has 0 atom stereocenters. The molecule has 0 saturated heterocycles. The van der Waals surface area contributed by atoms with Crippen LogP contribution in [0.2, 0.25) is 0 Å². The minimum atomic E-state index is -0.643. The maximum atomic E-state index is 12.1. The average Bonchev–Trinajstić information content (AvgIpc) is 3.02. The van der Waals surface area contributed by atoms with Gasteiger partial charge in [-0.25, -0.2) is 0 Å². The Morgan fingerprint density at radius 3 is 2.45 bits per heavy atom. The number of ketones is 1. The number of anilines is 1. The molecule has 1 aromatic heterocycles. The Morgan fingerprint density at radius 2 is 1.79 bits per heavy atom. The zero-order valence-electron chi connectivity index (χ0n) is 16.0. The number of aryl methyl sites for hydroxylation is 2. The van der Waals surface area contributed by atoms with Gasteiger partial charge in [0.2, 0.25) is 5.91 Å². The van der Waals surface area contributed by atoms with Crippen LogP contribution in [-0.4, -0.2) is 36.7 Å². The molecular weight excluding hydrogens is 460 g/mol. The van der Waals surface area contributed by atoms with Crippen molar-refractivity contribution in [1.29, 1.82) is 0 Å². The van der Waals surface area contributed by atoms with Gasteiger partial charge in [-0.2, -0.15) is 0 Å². The molecule has 9 heteroatoms. The van der Waals surface area contributed by atoms with Crippen LogP contribution in [0.15, 0.2) is 34.8 Å².